The molecule has 29 heavy (non-hydrogen) atoms. The number of H-pyrrole nitrogens is 1. The van der Waals surface area contributed by atoms with Crippen LogP contribution in [0.2, 0.25) is 0 Å². The van der Waals surface area contributed by atoms with E-state index in [4.69, 9.17) is 4.74 Å². The fraction of sp³-hybridized carbons (Fsp3) is 0.250. The number of carbonyl (C=O) groups is 1. The number of ether oxygens (including phenoxy) is 1. The summed E-state index contributed by atoms with van der Waals surface area (Å²) in [5.74, 6) is 0.984. The van der Waals surface area contributed by atoms with Gasteiger partial charge in [-0.1, -0.05) is 6.07 Å². The van der Waals surface area contributed by atoms with E-state index >= 15 is 0 Å². The predicted molar refractivity (Wildman–Crippen MR) is 107 cm³/mol. The van der Waals surface area contributed by atoms with Crippen LogP contribution in [0.25, 0.3) is 11.1 Å². The van der Waals surface area contributed by atoms with Crippen molar-refractivity contribution in [2.75, 3.05) is 37.5 Å². The molecule has 3 heterocycles. The number of methoxy groups -OCH3 is 1. The number of nitrogens with one attached hydrogen (secondary N) is 2. The molecule has 0 atom stereocenters. The second-order valence-corrected chi connectivity index (χ2v) is 6.63. The lowest BCUT2D eigenvalue weighted by Gasteiger charge is -2.19. The van der Waals surface area contributed by atoms with E-state index in [1.54, 1.807) is 41.4 Å². The van der Waals surface area contributed by atoms with Crippen molar-refractivity contribution >= 4 is 17.7 Å². The summed E-state index contributed by atoms with van der Waals surface area (Å²) in [6.45, 7) is 1.45. The molecule has 1 aliphatic rings. The van der Waals surface area contributed by atoms with Gasteiger partial charge in [-0.3, -0.25) is 10.00 Å². The first-order valence-electron chi connectivity index (χ1n) is 9.17. The monoisotopic (exact) mass is 396 g/mol. The number of urea groups is 1. The van der Waals surface area contributed by atoms with Crippen LogP contribution >= 0.6 is 0 Å². The Balaban J connectivity index is 1.53. The topological polar surface area (TPSA) is 86.4 Å². The van der Waals surface area contributed by atoms with Gasteiger partial charge in [0.1, 0.15) is 11.6 Å². The summed E-state index contributed by atoms with van der Waals surface area (Å²) in [4.78, 5) is 20.9. The summed E-state index contributed by atoms with van der Waals surface area (Å²) in [6.07, 6.45) is 3.51. The largest absolute Gasteiger partial charge is 0.494 e. The number of nitrogens with zero attached hydrogens (tertiary/aromatic N) is 4. The van der Waals surface area contributed by atoms with Gasteiger partial charge in [0, 0.05) is 44.0 Å². The predicted octanol–water partition coefficient (Wildman–Crippen LogP) is 3.10. The standard InChI is InChI=1S/C20H21FN6O2/c1-22-19-15(14-10-23-24-11-14)4-6-18(25-19)27-8-7-26(20(27)28)12-13-3-5-16(21)17(9-13)29-2/h3-6,9-11H,7-8,12H2,1-2H3,(H,22,25)(H,23,24). The molecule has 0 saturated carbocycles. The lowest BCUT2D eigenvalue weighted by atomic mass is 10.1. The third-order valence-electron chi connectivity index (χ3n) is 4.89. The summed E-state index contributed by atoms with van der Waals surface area (Å²) in [5.41, 5.74) is 2.61. The normalized spacial score (nSPS) is 13.8. The molecule has 3 aromatic rings. The highest BCUT2D eigenvalue weighted by molar-refractivity contribution is 5.94. The zero-order valence-electron chi connectivity index (χ0n) is 16.1. The van der Waals surface area contributed by atoms with E-state index in [-0.39, 0.29) is 11.8 Å². The summed E-state index contributed by atoms with van der Waals surface area (Å²) < 4.78 is 18.6. The maximum Gasteiger partial charge on any atom is 0.326 e. The van der Waals surface area contributed by atoms with E-state index in [2.05, 4.69) is 20.5 Å². The molecule has 4 rings (SSSR count). The Labute approximate surface area is 167 Å². The molecule has 1 saturated heterocycles. The van der Waals surface area contributed by atoms with Crippen molar-refractivity contribution in [2.24, 2.45) is 0 Å². The fourth-order valence-electron chi connectivity index (χ4n) is 3.39. The Morgan fingerprint density at radius 3 is 2.86 bits per heavy atom. The number of hydrogen-bond donors (Lipinski definition) is 2. The smallest absolute Gasteiger partial charge is 0.326 e. The number of halogens is 1. The molecule has 2 amide bonds. The number of rotatable bonds is 6. The van der Waals surface area contributed by atoms with E-state index in [0.29, 0.717) is 31.3 Å². The first kappa shape index (κ1) is 18.7. The molecule has 8 nitrogen and oxygen atoms in total. The van der Waals surface area contributed by atoms with Crippen LogP contribution in [0.1, 0.15) is 5.56 Å². The number of benzene rings is 1. The lowest BCUT2D eigenvalue weighted by molar-refractivity contribution is 0.218. The third-order valence-corrected chi connectivity index (χ3v) is 4.89. The van der Waals surface area contributed by atoms with Crippen molar-refractivity contribution in [1.82, 2.24) is 20.1 Å². The number of aromatic amines is 1. The van der Waals surface area contributed by atoms with Gasteiger partial charge in [0.2, 0.25) is 0 Å². The molecule has 0 unspecified atom stereocenters. The average Bonchev–Trinajstić information content (AvgIpc) is 3.39. The van der Waals surface area contributed by atoms with E-state index < -0.39 is 5.82 Å². The SMILES string of the molecule is CNc1nc(N2CCN(Cc3ccc(F)c(OC)c3)C2=O)ccc1-c1cn[nH]c1. The number of pyridine rings is 1. The van der Waals surface area contributed by atoms with Gasteiger partial charge in [-0.2, -0.15) is 5.10 Å². The molecule has 0 bridgehead atoms. The van der Waals surface area contributed by atoms with Crippen LogP contribution in [0.4, 0.5) is 20.8 Å². The van der Waals surface area contributed by atoms with Crippen LogP contribution in [-0.4, -0.2) is 53.4 Å². The summed E-state index contributed by atoms with van der Waals surface area (Å²) in [6, 6.07) is 8.22. The number of hydrogen-bond acceptors (Lipinski definition) is 5. The van der Waals surface area contributed by atoms with Gasteiger partial charge in [0.15, 0.2) is 11.6 Å². The number of aromatic nitrogens is 3. The van der Waals surface area contributed by atoms with Gasteiger partial charge >= 0.3 is 6.03 Å². The molecule has 0 spiro atoms. The number of carbonyl (C=O) groups excluding carboxylic acids is 1. The molecule has 1 fully saturated rings. The maximum atomic E-state index is 13.6. The van der Waals surface area contributed by atoms with E-state index in [1.165, 1.54) is 13.2 Å². The van der Waals surface area contributed by atoms with Gasteiger partial charge in [-0.15, -0.1) is 0 Å². The molecular weight excluding hydrogens is 375 g/mol. The molecule has 9 heteroatoms. The highest BCUT2D eigenvalue weighted by Crippen LogP contribution is 2.30. The minimum Gasteiger partial charge on any atom is -0.494 e. The average molecular weight is 396 g/mol. The highest BCUT2D eigenvalue weighted by atomic mass is 19.1. The van der Waals surface area contributed by atoms with E-state index in [0.717, 1.165) is 16.7 Å². The summed E-state index contributed by atoms with van der Waals surface area (Å²) in [7, 11) is 3.21. The Bertz CT molecular complexity index is 1020. The highest BCUT2D eigenvalue weighted by Gasteiger charge is 2.31. The quantitative estimate of drug-likeness (QED) is 0.669. The van der Waals surface area contributed by atoms with Gasteiger partial charge in [-0.25, -0.2) is 14.2 Å². The van der Waals surface area contributed by atoms with Gasteiger partial charge in [0.25, 0.3) is 0 Å². The van der Waals surface area contributed by atoms with Crippen LogP contribution in [0.5, 0.6) is 5.75 Å². The number of amides is 2. The van der Waals surface area contributed by atoms with E-state index in [9.17, 15) is 9.18 Å². The molecule has 1 aliphatic heterocycles. The molecule has 2 N–H and O–H groups in total. The van der Waals surface area contributed by atoms with Crippen molar-refractivity contribution in [1.29, 1.82) is 0 Å². The van der Waals surface area contributed by atoms with Crippen LogP contribution in [0, 0.1) is 5.82 Å². The van der Waals surface area contributed by atoms with Crippen molar-refractivity contribution in [3.63, 3.8) is 0 Å². The lowest BCUT2D eigenvalue weighted by Crippen LogP contribution is -2.32. The summed E-state index contributed by atoms with van der Waals surface area (Å²) in [5, 5.41) is 9.83. The molecule has 150 valence electrons. The second-order valence-electron chi connectivity index (χ2n) is 6.63. The number of anilines is 2. The van der Waals surface area contributed by atoms with Crippen molar-refractivity contribution < 1.29 is 13.9 Å². The molecular formula is C20H21FN6O2. The van der Waals surface area contributed by atoms with E-state index in [1.807, 2.05) is 12.1 Å². The maximum absolute atomic E-state index is 13.6. The Morgan fingerprint density at radius 2 is 2.14 bits per heavy atom. The zero-order chi connectivity index (χ0) is 20.4. The van der Waals surface area contributed by atoms with Gasteiger partial charge < -0.3 is 15.0 Å². The molecule has 0 aliphatic carbocycles. The van der Waals surface area contributed by atoms with Crippen molar-refractivity contribution in [2.45, 2.75) is 6.54 Å². The molecule has 1 aromatic carbocycles. The minimum atomic E-state index is -0.424. The Hall–Kier alpha value is -3.62. The van der Waals surface area contributed by atoms with Crippen LogP contribution in [0.15, 0.2) is 42.7 Å². The van der Waals surface area contributed by atoms with Crippen LogP contribution < -0.4 is 15.0 Å². The van der Waals surface area contributed by atoms with Crippen molar-refractivity contribution in [3.8, 4) is 16.9 Å². The minimum absolute atomic E-state index is 0.140. The van der Waals surface area contributed by atoms with Crippen LogP contribution in [0.3, 0.4) is 0 Å². The molecule has 0 radical (unpaired) electrons. The Morgan fingerprint density at radius 1 is 1.28 bits per heavy atom. The first-order chi connectivity index (χ1) is 14.1. The van der Waals surface area contributed by atoms with Crippen molar-refractivity contribution in [3.05, 3.63) is 54.1 Å². The van der Waals surface area contributed by atoms with Gasteiger partial charge in [-0.05, 0) is 29.8 Å². The van der Waals surface area contributed by atoms with Gasteiger partial charge in [0.05, 0.1) is 13.3 Å². The van der Waals surface area contributed by atoms with Crippen LogP contribution in [-0.2, 0) is 6.54 Å². The summed E-state index contributed by atoms with van der Waals surface area (Å²) >= 11 is 0. The zero-order valence-corrected chi connectivity index (χ0v) is 16.1. The first-order valence-corrected chi connectivity index (χ1v) is 9.17. The third kappa shape index (κ3) is 3.58. The second kappa shape index (κ2) is 7.78. The Kier molecular flexibility index (Phi) is 5.03. The fourth-order valence-corrected chi connectivity index (χ4v) is 3.39. The molecule has 2 aromatic heterocycles.